The predicted molar refractivity (Wildman–Crippen MR) is 114 cm³/mol. The molecular weight excluding hydrogens is 378 g/mol. The first-order valence-corrected chi connectivity index (χ1v) is 9.66. The monoisotopic (exact) mass is 399 g/mol. The molecule has 6 heteroatoms. The molecule has 3 aromatic carbocycles. The van der Waals surface area contributed by atoms with Crippen molar-refractivity contribution in [2.45, 2.75) is 20.4 Å². The molecule has 0 atom stereocenters. The van der Waals surface area contributed by atoms with Gasteiger partial charge in [0.2, 0.25) is 5.78 Å². The summed E-state index contributed by atoms with van der Waals surface area (Å²) in [5.41, 5.74) is 5.61. The Bertz CT molecular complexity index is 1230. The van der Waals surface area contributed by atoms with E-state index in [4.69, 9.17) is 4.74 Å². The summed E-state index contributed by atoms with van der Waals surface area (Å²) >= 11 is 0. The number of aryl methyl sites for hydroxylation is 2. The summed E-state index contributed by atoms with van der Waals surface area (Å²) in [7, 11) is 0. The number of ether oxygens (including phenoxy) is 1. The largest absolute Gasteiger partial charge is 0.454 e. The highest BCUT2D eigenvalue weighted by Gasteiger charge is 2.14. The quantitative estimate of drug-likeness (QED) is 0.360. The van der Waals surface area contributed by atoms with Crippen molar-refractivity contribution in [3.05, 3.63) is 94.5 Å². The van der Waals surface area contributed by atoms with Crippen LogP contribution in [0.4, 0.5) is 0 Å². The number of carbonyl (C=O) groups excluding carboxylic acids is 2. The average molecular weight is 399 g/mol. The fraction of sp³-hybridized carbons (Fsp3) is 0.167. The fourth-order valence-electron chi connectivity index (χ4n) is 3.28. The number of hydrogen-bond acceptors (Lipinski definition) is 5. The van der Waals surface area contributed by atoms with Crippen LogP contribution in [0.2, 0.25) is 0 Å². The molecule has 30 heavy (non-hydrogen) atoms. The van der Waals surface area contributed by atoms with Gasteiger partial charge in [0, 0.05) is 5.56 Å². The zero-order chi connectivity index (χ0) is 21.1. The Morgan fingerprint density at radius 3 is 2.53 bits per heavy atom. The third kappa shape index (κ3) is 4.12. The molecule has 4 aromatic rings. The molecule has 0 saturated heterocycles. The summed E-state index contributed by atoms with van der Waals surface area (Å²) in [6.07, 6.45) is 0. The molecule has 0 aliphatic rings. The van der Waals surface area contributed by atoms with Gasteiger partial charge in [0.25, 0.3) is 0 Å². The molecule has 0 unspecified atom stereocenters. The van der Waals surface area contributed by atoms with Crippen LogP contribution < -0.4 is 0 Å². The van der Waals surface area contributed by atoms with Crippen molar-refractivity contribution in [2.24, 2.45) is 0 Å². The van der Waals surface area contributed by atoms with Crippen molar-refractivity contribution in [2.75, 3.05) is 6.61 Å². The molecule has 150 valence electrons. The number of nitrogens with zero attached hydrogens (tertiary/aromatic N) is 3. The number of fused-ring (bicyclic) bond motifs is 1. The smallest absolute Gasteiger partial charge is 0.338 e. The topological polar surface area (TPSA) is 74.1 Å². The Labute approximate surface area is 174 Å². The van der Waals surface area contributed by atoms with Crippen molar-refractivity contribution < 1.29 is 14.3 Å². The molecule has 0 radical (unpaired) electrons. The molecule has 0 N–H and O–H groups in total. The standard InChI is InChI=1S/C24H21N3O3/c1-16-7-8-17(2)20(13-16)23(28)15-30-24(29)19-11-9-18(10-12-19)14-27-22-6-4-3-5-21(22)25-26-27/h3-13H,14-15H2,1-2H3. The number of hydrogen-bond donors (Lipinski definition) is 0. The van der Waals surface area contributed by atoms with Crippen LogP contribution in [0.5, 0.6) is 0 Å². The molecule has 0 bridgehead atoms. The molecule has 0 saturated carbocycles. The van der Waals surface area contributed by atoms with Crippen LogP contribution in [0.15, 0.2) is 66.7 Å². The van der Waals surface area contributed by atoms with E-state index in [9.17, 15) is 9.59 Å². The van der Waals surface area contributed by atoms with E-state index in [1.54, 1.807) is 12.1 Å². The first kappa shape index (κ1) is 19.5. The number of aromatic nitrogens is 3. The van der Waals surface area contributed by atoms with Crippen LogP contribution in [0.1, 0.15) is 37.4 Å². The molecule has 6 nitrogen and oxygen atoms in total. The normalized spacial score (nSPS) is 10.9. The third-order valence-electron chi connectivity index (χ3n) is 4.97. The van der Waals surface area contributed by atoms with Crippen molar-refractivity contribution in [1.29, 1.82) is 0 Å². The average Bonchev–Trinajstić information content (AvgIpc) is 3.17. The highest BCUT2D eigenvalue weighted by Crippen LogP contribution is 2.14. The van der Waals surface area contributed by atoms with Gasteiger partial charge in [0.15, 0.2) is 6.61 Å². The summed E-state index contributed by atoms with van der Waals surface area (Å²) in [6.45, 7) is 4.05. The number of carbonyl (C=O) groups is 2. The molecule has 0 aliphatic carbocycles. The Kier molecular flexibility index (Phi) is 5.39. The summed E-state index contributed by atoms with van der Waals surface area (Å²) in [5, 5.41) is 8.32. The molecule has 0 aliphatic heterocycles. The second-order valence-electron chi connectivity index (χ2n) is 7.25. The van der Waals surface area contributed by atoms with E-state index in [2.05, 4.69) is 10.3 Å². The number of rotatable bonds is 6. The second kappa shape index (κ2) is 8.29. The van der Waals surface area contributed by atoms with Gasteiger partial charge in [0.05, 0.1) is 17.6 Å². The lowest BCUT2D eigenvalue weighted by atomic mass is 10.0. The van der Waals surface area contributed by atoms with E-state index in [-0.39, 0.29) is 12.4 Å². The third-order valence-corrected chi connectivity index (χ3v) is 4.97. The van der Waals surface area contributed by atoms with Gasteiger partial charge in [0.1, 0.15) is 5.52 Å². The van der Waals surface area contributed by atoms with Crippen LogP contribution in [0.3, 0.4) is 0 Å². The summed E-state index contributed by atoms with van der Waals surface area (Å²) in [5.74, 6) is -0.731. The first-order valence-electron chi connectivity index (χ1n) is 9.66. The van der Waals surface area contributed by atoms with Gasteiger partial charge in [-0.25, -0.2) is 9.48 Å². The summed E-state index contributed by atoms with van der Waals surface area (Å²) in [4.78, 5) is 24.7. The first-order chi connectivity index (χ1) is 14.5. The maximum Gasteiger partial charge on any atom is 0.338 e. The Morgan fingerprint density at radius 2 is 1.73 bits per heavy atom. The molecular formula is C24H21N3O3. The highest BCUT2D eigenvalue weighted by molar-refractivity contribution is 6.00. The van der Waals surface area contributed by atoms with Gasteiger partial charge in [-0.15, -0.1) is 5.10 Å². The SMILES string of the molecule is Cc1ccc(C)c(C(=O)COC(=O)c2ccc(Cn3nnc4ccccc43)cc2)c1. The maximum absolute atomic E-state index is 12.4. The van der Waals surface area contributed by atoms with E-state index < -0.39 is 5.97 Å². The van der Waals surface area contributed by atoms with Crippen molar-refractivity contribution in [1.82, 2.24) is 15.0 Å². The van der Waals surface area contributed by atoms with E-state index >= 15 is 0 Å². The van der Waals surface area contributed by atoms with Gasteiger partial charge in [-0.2, -0.15) is 0 Å². The number of benzene rings is 3. The zero-order valence-corrected chi connectivity index (χ0v) is 16.8. The Balaban J connectivity index is 1.39. The van der Waals surface area contributed by atoms with Crippen LogP contribution >= 0.6 is 0 Å². The van der Waals surface area contributed by atoms with Crippen molar-refractivity contribution >= 4 is 22.8 Å². The van der Waals surface area contributed by atoms with Crippen LogP contribution in [0, 0.1) is 13.8 Å². The number of esters is 1. The van der Waals surface area contributed by atoms with E-state index in [1.165, 1.54) is 0 Å². The molecule has 4 rings (SSSR count). The van der Waals surface area contributed by atoms with Gasteiger partial charge < -0.3 is 4.74 Å². The van der Waals surface area contributed by atoms with Gasteiger partial charge >= 0.3 is 5.97 Å². The molecule has 1 aromatic heterocycles. The summed E-state index contributed by atoms with van der Waals surface area (Å²) in [6, 6.07) is 20.5. The molecule has 0 spiro atoms. The van der Waals surface area contributed by atoms with Crippen molar-refractivity contribution in [3.63, 3.8) is 0 Å². The van der Waals surface area contributed by atoms with Gasteiger partial charge in [-0.3, -0.25) is 4.79 Å². The predicted octanol–water partition coefficient (Wildman–Crippen LogP) is 4.14. The Hall–Kier alpha value is -3.80. The van der Waals surface area contributed by atoms with Gasteiger partial charge in [-0.05, 0) is 55.3 Å². The molecule has 0 amide bonds. The van der Waals surface area contributed by atoms with Crippen LogP contribution in [-0.4, -0.2) is 33.4 Å². The Morgan fingerprint density at radius 1 is 0.967 bits per heavy atom. The highest BCUT2D eigenvalue weighted by atomic mass is 16.5. The fourth-order valence-corrected chi connectivity index (χ4v) is 3.28. The minimum Gasteiger partial charge on any atom is -0.454 e. The zero-order valence-electron chi connectivity index (χ0n) is 16.8. The number of ketones is 1. The number of para-hydroxylation sites is 1. The molecule has 1 heterocycles. The van der Waals surface area contributed by atoms with Gasteiger partial charge in [-0.1, -0.05) is 47.2 Å². The van der Waals surface area contributed by atoms with Crippen LogP contribution in [-0.2, 0) is 11.3 Å². The van der Waals surface area contributed by atoms with E-state index in [1.807, 2.05) is 73.1 Å². The lowest BCUT2D eigenvalue weighted by molar-refractivity contribution is 0.0474. The lowest BCUT2D eigenvalue weighted by Gasteiger charge is -2.08. The van der Waals surface area contributed by atoms with Crippen molar-refractivity contribution in [3.8, 4) is 0 Å². The minimum absolute atomic E-state index is 0.209. The number of Topliss-reactive ketones (excluding diaryl/α,β-unsaturated/α-hetero) is 1. The summed E-state index contributed by atoms with van der Waals surface area (Å²) < 4.78 is 7.04. The minimum atomic E-state index is -0.522. The van der Waals surface area contributed by atoms with E-state index in [0.29, 0.717) is 17.7 Å². The lowest BCUT2D eigenvalue weighted by Crippen LogP contribution is -2.15. The van der Waals surface area contributed by atoms with E-state index in [0.717, 1.165) is 27.7 Å². The maximum atomic E-state index is 12.4. The molecule has 0 fully saturated rings. The van der Waals surface area contributed by atoms with Crippen LogP contribution in [0.25, 0.3) is 11.0 Å². The second-order valence-corrected chi connectivity index (χ2v) is 7.25.